The molecule has 1 fully saturated rings. The average molecular weight is 300 g/mol. The number of phenolic OH excluding ortho intramolecular Hbond substituents is 2. The zero-order valence-electron chi connectivity index (χ0n) is 12.2. The molecule has 6 nitrogen and oxygen atoms in total. The highest BCUT2D eigenvalue weighted by molar-refractivity contribution is 5.75. The van der Waals surface area contributed by atoms with Crippen LogP contribution in [0, 0.1) is 0 Å². The lowest BCUT2D eigenvalue weighted by Gasteiger charge is -2.25. The Morgan fingerprint density at radius 3 is 2.68 bits per heavy atom. The Balaban J connectivity index is 2.07. The van der Waals surface area contributed by atoms with Crippen molar-refractivity contribution in [3.05, 3.63) is 29.8 Å². The molecule has 1 unspecified atom stereocenters. The lowest BCUT2D eigenvalue weighted by molar-refractivity contribution is 0.451. The summed E-state index contributed by atoms with van der Waals surface area (Å²) in [5.74, 6) is 0.522. The number of anilines is 2. The number of rotatable bonds is 2. The predicted octanol–water partition coefficient (Wildman–Crippen LogP) is 1.79. The minimum absolute atomic E-state index is 0.00127. The van der Waals surface area contributed by atoms with Gasteiger partial charge in [0.25, 0.3) is 0 Å². The Kier molecular flexibility index (Phi) is 3.77. The van der Waals surface area contributed by atoms with Gasteiger partial charge < -0.3 is 27.0 Å². The fourth-order valence-corrected chi connectivity index (χ4v) is 2.92. The molecule has 1 aromatic heterocycles. The number of nitrogen functional groups attached to an aromatic ring is 2. The molecule has 0 amide bonds. The number of nitrogens with two attached hydrogens (primary N) is 2. The van der Waals surface area contributed by atoms with Crippen LogP contribution in [0.1, 0.15) is 24.3 Å². The number of hydrogen-bond donors (Lipinski definition) is 5. The number of phenols is 2. The van der Waals surface area contributed by atoms with Crippen molar-refractivity contribution in [2.45, 2.75) is 18.8 Å². The standard InChI is InChI=1S/C16H20N4O2/c17-15-12(9-2-1-5-19-8-9)7-13(20-16(15)18)11-4-3-10(21)6-14(11)22/h3-4,6-7,9,19,21-22H,1-2,5,8,17H2,(H2,18,20). The molecule has 0 saturated carbocycles. The van der Waals surface area contributed by atoms with Crippen molar-refractivity contribution in [2.75, 3.05) is 24.6 Å². The van der Waals surface area contributed by atoms with Gasteiger partial charge in [-0.05, 0) is 49.1 Å². The fraction of sp³-hybridized carbons (Fsp3) is 0.312. The Hall–Kier alpha value is -2.47. The van der Waals surface area contributed by atoms with Crippen LogP contribution < -0.4 is 16.8 Å². The van der Waals surface area contributed by atoms with Crippen molar-refractivity contribution < 1.29 is 10.2 Å². The van der Waals surface area contributed by atoms with Crippen molar-refractivity contribution in [1.29, 1.82) is 0 Å². The summed E-state index contributed by atoms with van der Waals surface area (Å²) in [6.45, 7) is 1.87. The number of benzene rings is 1. The maximum Gasteiger partial charge on any atom is 0.147 e. The highest BCUT2D eigenvalue weighted by atomic mass is 16.3. The van der Waals surface area contributed by atoms with Crippen molar-refractivity contribution in [1.82, 2.24) is 10.3 Å². The third kappa shape index (κ3) is 2.65. The number of nitrogens with one attached hydrogen (secondary N) is 1. The normalized spacial score (nSPS) is 18.3. The number of aromatic hydroxyl groups is 2. The van der Waals surface area contributed by atoms with Gasteiger partial charge in [-0.3, -0.25) is 0 Å². The summed E-state index contributed by atoms with van der Waals surface area (Å²) in [6, 6.07) is 6.29. The quantitative estimate of drug-likeness (QED) is 0.577. The SMILES string of the molecule is Nc1nc(-c2ccc(O)cc2O)cc(C2CCCNC2)c1N. The Morgan fingerprint density at radius 1 is 1.18 bits per heavy atom. The minimum atomic E-state index is -0.0376. The molecule has 0 bridgehead atoms. The highest BCUT2D eigenvalue weighted by Gasteiger charge is 2.21. The molecular formula is C16H20N4O2. The summed E-state index contributed by atoms with van der Waals surface area (Å²) in [5, 5.41) is 22.8. The fourth-order valence-electron chi connectivity index (χ4n) is 2.92. The molecule has 7 N–H and O–H groups in total. The van der Waals surface area contributed by atoms with E-state index >= 15 is 0 Å². The molecule has 0 aliphatic carbocycles. The molecule has 0 spiro atoms. The molecule has 1 aromatic carbocycles. The molecule has 2 heterocycles. The van der Waals surface area contributed by atoms with Gasteiger partial charge in [-0.15, -0.1) is 0 Å². The van der Waals surface area contributed by atoms with Crippen molar-refractivity contribution >= 4 is 11.5 Å². The Bertz CT molecular complexity index is 697. The summed E-state index contributed by atoms with van der Waals surface area (Å²) < 4.78 is 0. The van der Waals surface area contributed by atoms with Gasteiger partial charge >= 0.3 is 0 Å². The lowest BCUT2D eigenvalue weighted by atomic mass is 9.90. The molecule has 1 aliphatic heterocycles. The second-order valence-electron chi connectivity index (χ2n) is 5.64. The molecule has 2 aromatic rings. The van der Waals surface area contributed by atoms with E-state index in [1.807, 2.05) is 6.07 Å². The van der Waals surface area contributed by atoms with Gasteiger partial charge in [0.05, 0.1) is 11.4 Å². The maximum atomic E-state index is 10.0. The third-order valence-corrected chi connectivity index (χ3v) is 4.11. The molecule has 116 valence electrons. The number of pyridine rings is 1. The van der Waals surface area contributed by atoms with Gasteiger partial charge in [0.2, 0.25) is 0 Å². The van der Waals surface area contributed by atoms with E-state index in [0.717, 1.165) is 31.5 Å². The van der Waals surface area contributed by atoms with Crippen LogP contribution in [0.25, 0.3) is 11.3 Å². The van der Waals surface area contributed by atoms with Crippen molar-refractivity contribution in [2.24, 2.45) is 0 Å². The second kappa shape index (κ2) is 5.73. The molecule has 3 rings (SSSR count). The largest absolute Gasteiger partial charge is 0.508 e. The smallest absolute Gasteiger partial charge is 0.147 e. The van der Waals surface area contributed by atoms with Crippen LogP contribution in [-0.4, -0.2) is 28.3 Å². The van der Waals surface area contributed by atoms with Gasteiger partial charge in [0, 0.05) is 18.2 Å². The first-order valence-corrected chi connectivity index (χ1v) is 7.35. The van der Waals surface area contributed by atoms with Gasteiger partial charge in [-0.2, -0.15) is 0 Å². The first kappa shape index (κ1) is 14.5. The van der Waals surface area contributed by atoms with E-state index in [2.05, 4.69) is 10.3 Å². The number of aromatic nitrogens is 1. The van der Waals surface area contributed by atoms with Crippen molar-refractivity contribution in [3.63, 3.8) is 0 Å². The molecule has 0 radical (unpaired) electrons. The molecule has 1 atom stereocenters. The average Bonchev–Trinajstić information content (AvgIpc) is 2.51. The molecule has 1 saturated heterocycles. The topological polar surface area (TPSA) is 117 Å². The molecule has 6 heteroatoms. The predicted molar refractivity (Wildman–Crippen MR) is 86.7 cm³/mol. The van der Waals surface area contributed by atoms with Gasteiger partial charge in [-0.25, -0.2) is 4.98 Å². The Morgan fingerprint density at radius 2 is 2.00 bits per heavy atom. The first-order valence-electron chi connectivity index (χ1n) is 7.35. The monoisotopic (exact) mass is 300 g/mol. The summed E-state index contributed by atoms with van der Waals surface area (Å²) in [7, 11) is 0. The third-order valence-electron chi connectivity index (χ3n) is 4.11. The van der Waals surface area contributed by atoms with E-state index in [-0.39, 0.29) is 23.2 Å². The van der Waals surface area contributed by atoms with E-state index in [1.54, 1.807) is 6.07 Å². The molecular weight excluding hydrogens is 280 g/mol. The van der Waals surface area contributed by atoms with E-state index in [0.29, 0.717) is 16.9 Å². The maximum absolute atomic E-state index is 10.0. The van der Waals surface area contributed by atoms with E-state index in [4.69, 9.17) is 11.5 Å². The number of piperidine rings is 1. The first-order chi connectivity index (χ1) is 10.6. The zero-order valence-corrected chi connectivity index (χ0v) is 12.2. The van der Waals surface area contributed by atoms with E-state index < -0.39 is 0 Å². The number of hydrogen-bond acceptors (Lipinski definition) is 6. The van der Waals surface area contributed by atoms with Gasteiger partial charge in [0.1, 0.15) is 17.3 Å². The number of nitrogens with zero attached hydrogens (tertiary/aromatic N) is 1. The van der Waals surface area contributed by atoms with Gasteiger partial charge in [-0.1, -0.05) is 0 Å². The highest BCUT2D eigenvalue weighted by Crippen LogP contribution is 2.37. The Labute approximate surface area is 128 Å². The minimum Gasteiger partial charge on any atom is -0.508 e. The van der Waals surface area contributed by atoms with Crippen molar-refractivity contribution in [3.8, 4) is 22.8 Å². The van der Waals surface area contributed by atoms with Crippen LogP contribution in [0.15, 0.2) is 24.3 Å². The lowest BCUT2D eigenvalue weighted by Crippen LogP contribution is -2.29. The van der Waals surface area contributed by atoms with E-state index in [9.17, 15) is 10.2 Å². The molecule has 22 heavy (non-hydrogen) atoms. The zero-order chi connectivity index (χ0) is 15.7. The summed E-state index contributed by atoms with van der Waals surface area (Å²) in [4.78, 5) is 4.28. The van der Waals surface area contributed by atoms with Crippen LogP contribution in [-0.2, 0) is 0 Å². The van der Waals surface area contributed by atoms with Crippen LogP contribution in [0.4, 0.5) is 11.5 Å². The summed E-state index contributed by atoms with van der Waals surface area (Å²) in [6.07, 6.45) is 2.13. The van der Waals surface area contributed by atoms with E-state index in [1.165, 1.54) is 12.1 Å². The van der Waals surface area contributed by atoms with Crippen LogP contribution in [0.5, 0.6) is 11.5 Å². The summed E-state index contributed by atoms with van der Waals surface area (Å²) in [5.41, 5.74) is 14.6. The van der Waals surface area contributed by atoms with Crippen LogP contribution in [0.3, 0.4) is 0 Å². The second-order valence-corrected chi connectivity index (χ2v) is 5.64. The summed E-state index contributed by atoms with van der Waals surface area (Å²) >= 11 is 0. The van der Waals surface area contributed by atoms with Crippen LogP contribution >= 0.6 is 0 Å². The van der Waals surface area contributed by atoms with Gasteiger partial charge in [0.15, 0.2) is 0 Å². The van der Waals surface area contributed by atoms with Crippen LogP contribution in [0.2, 0.25) is 0 Å². The molecule has 1 aliphatic rings.